The van der Waals surface area contributed by atoms with E-state index in [4.69, 9.17) is 9.47 Å². The third kappa shape index (κ3) is 4.08. The van der Waals surface area contributed by atoms with E-state index in [1.165, 1.54) is 11.1 Å². The third-order valence-electron chi connectivity index (χ3n) is 3.94. The number of nitrogens with one attached hydrogen (secondary N) is 1. The Morgan fingerprint density at radius 2 is 1.96 bits per heavy atom. The van der Waals surface area contributed by atoms with Crippen molar-refractivity contribution in [2.75, 3.05) is 25.6 Å². The molecular formula is C19H23N3O2S. The van der Waals surface area contributed by atoms with Crippen LogP contribution in [-0.2, 0) is 11.3 Å². The Kier molecular flexibility index (Phi) is 5.50. The molecule has 0 radical (unpaired) electrons. The summed E-state index contributed by atoms with van der Waals surface area (Å²) in [6.45, 7) is 7.82. The Morgan fingerprint density at radius 3 is 2.76 bits per heavy atom. The summed E-state index contributed by atoms with van der Waals surface area (Å²) >= 11 is 1.65. The number of methoxy groups -OCH3 is 1. The molecule has 1 N–H and O–H groups in total. The third-order valence-corrected chi connectivity index (χ3v) is 4.93. The minimum atomic E-state index is 0.535. The van der Waals surface area contributed by atoms with E-state index in [1.54, 1.807) is 18.4 Å². The highest BCUT2D eigenvalue weighted by Gasteiger charge is 2.11. The molecule has 0 aliphatic heterocycles. The summed E-state index contributed by atoms with van der Waals surface area (Å²) < 4.78 is 10.9. The van der Waals surface area contributed by atoms with E-state index in [9.17, 15) is 0 Å². The second-order valence-corrected chi connectivity index (χ2v) is 6.88. The number of benzene rings is 1. The number of thiophene rings is 1. The van der Waals surface area contributed by atoms with Gasteiger partial charge in [0.2, 0.25) is 0 Å². The Hall–Kier alpha value is -2.18. The lowest BCUT2D eigenvalue weighted by Gasteiger charge is -2.14. The second-order valence-electron chi connectivity index (χ2n) is 6.02. The lowest BCUT2D eigenvalue weighted by atomic mass is 10.1. The van der Waals surface area contributed by atoms with E-state index in [1.807, 2.05) is 6.92 Å². The van der Waals surface area contributed by atoms with Crippen molar-refractivity contribution in [2.45, 2.75) is 27.3 Å². The molecule has 0 saturated heterocycles. The predicted molar refractivity (Wildman–Crippen MR) is 103 cm³/mol. The minimum absolute atomic E-state index is 0.535. The van der Waals surface area contributed by atoms with Gasteiger partial charge in [-0.05, 0) is 43.3 Å². The molecule has 3 aromatic rings. The van der Waals surface area contributed by atoms with Crippen molar-refractivity contribution in [3.63, 3.8) is 0 Å². The van der Waals surface area contributed by atoms with Gasteiger partial charge in [-0.2, -0.15) is 0 Å². The molecule has 1 aromatic carbocycles. The van der Waals surface area contributed by atoms with Gasteiger partial charge in [0.25, 0.3) is 0 Å². The summed E-state index contributed by atoms with van der Waals surface area (Å²) in [5.41, 5.74) is 3.46. The number of fused-ring (bicyclic) bond motifs is 1. The summed E-state index contributed by atoms with van der Waals surface area (Å²) in [7, 11) is 1.67. The van der Waals surface area contributed by atoms with Crippen molar-refractivity contribution < 1.29 is 9.47 Å². The summed E-state index contributed by atoms with van der Waals surface area (Å²) in [6, 6.07) is 6.25. The smallest absolute Gasteiger partial charge is 0.139 e. The maximum absolute atomic E-state index is 5.87. The van der Waals surface area contributed by atoms with Crippen molar-refractivity contribution in [2.24, 2.45) is 0 Å². The molecule has 0 aliphatic rings. The van der Waals surface area contributed by atoms with Gasteiger partial charge in [0.15, 0.2) is 0 Å². The van der Waals surface area contributed by atoms with Crippen molar-refractivity contribution >= 4 is 27.4 Å². The van der Waals surface area contributed by atoms with Crippen LogP contribution in [0.4, 0.5) is 5.82 Å². The van der Waals surface area contributed by atoms with Crippen LogP contribution in [-0.4, -0.2) is 30.3 Å². The number of hydrogen-bond acceptors (Lipinski definition) is 6. The largest absolute Gasteiger partial charge is 0.491 e. The quantitative estimate of drug-likeness (QED) is 0.641. The Balaban J connectivity index is 1.83. The van der Waals surface area contributed by atoms with Crippen molar-refractivity contribution in [3.05, 3.63) is 46.1 Å². The van der Waals surface area contributed by atoms with E-state index in [-0.39, 0.29) is 0 Å². The number of rotatable bonds is 7. The second kappa shape index (κ2) is 7.80. The van der Waals surface area contributed by atoms with Gasteiger partial charge >= 0.3 is 0 Å². The molecule has 3 rings (SSSR count). The molecule has 0 aliphatic carbocycles. The zero-order chi connectivity index (χ0) is 17.8. The summed E-state index contributed by atoms with van der Waals surface area (Å²) in [5, 5.41) is 6.69. The van der Waals surface area contributed by atoms with E-state index < -0.39 is 0 Å². The molecule has 0 spiro atoms. The highest BCUT2D eigenvalue weighted by atomic mass is 32.1. The van der Waals surface area contributed by atoms with E-state index in [2.05, 4.69) is 52.7 Å². The monoisotopic (exact) mass is 357 g/mol. The van der Waals surface area contributed by atoms with Crippen LogP contribution in [0.5, 0.6) is 5.75 Å². The molecule has 0 fully saturated rings. The normalized spacial score (nSPS) is 11.0. The maximum atomic E-state index is 5.87. The number of nitrogens with zero attached hydrogens (tertiary/aromatic N) is 2. The Labute approximate surface area is 152 Å². The molecule has 5 nitrogen and oxygen atoms in total. The number of aryl methyl sites for hydroxylation is 3. The number of anilines is 1. The Bertz CT molecular complexity index is 876. The van der Waals surface area contributed by atoms with Gasteiger partial charge in [-0.15, -0.1) is 11.3 Å². The highest BCUT2D eigenvalue weighted by Crippen LogP contribution is 2.30. The van der Waals surface area contributed by atoms with Crippen LogP contribution in [0.3, 0.4) is 0 Å². The van der Waals surface area contributed by atoms with Crippen molar-refractivity contribution in [1.82, 2.24) is 9.97 Å². The van der Waals surface area contributed by atoms with Gasteiger partial charge in [-0.3, -0.25) is 0 Å². The number of aromatic nitrogens is 2. The van der Waals surface area contributed by atoms with E-state index in [0.29, 0.717) is 19.8 Å². The molecule has 0 unspecified atom stereocenters. The first-order valence-corrected chi connectivity index (χ1v) is 9.14. The molecule has 6 heteroatoms. The molecule has 25 heavy (non-hydrogen) atoms. The topological polar surface area (TPSA) is 56.3 Å². The SMILES string of the molecule is COCCOc1cc(C)ccc1CNc1nc(C)nc2scc(C)c12. The average molecular weight is 357 g/mol. The van der Waals surface area contributed by atoms with Gasteiger partial charge in [-0.25, -0.2) is 9.97 Å². The van der Waals surface area contributed by atoms with Crippen LogP contribution < -0.4 is 10.1 Å². The van der Waals surface area contributed by atoms with Gasteiger partial charge in [0, 0.05) is 19.2 Å². The van der Waals surface area contributed by atoms with Crippen molar-refractivity contribution in [1.29, 1.82) is 0 Å². The Morgan fingerprint density at radius 1 is 1.12 bits per heavy atom. The lowest BCUT2D eigenvalue weighted by molar-refractivity contribution is 0.146. The summed E-state index contributed by atoms with van der Waals surface area (Å²) in [4.78, 5) is 10.1. The first-order valence-electron chi connectivity index (χ1n) is 8.26. The van der Waals surface area contributed by atoms with E-state index >= 15 is 0 Å². The van der Waals surface area contributed by atoms with Gasteiger partial charge in [0.05, 0.1) is 12.0 Å². The molecule has 0 saturated carbocycles. The molecule has 0 bridgehead atoms. The van der Waals surface area contributed by atoms with Crippen molar-refractivity contribution in [3.8, 4) is 5.75 Å². The zero-order valence-corrected chi connectivity index (χ0v) is 15.9. The molecule has 0 amide bonds. The zero-order valence-electron chi connectivity index (χ0n) is 15.0. The average Bonchev–Trinajstić information content (AvgIpc) is 2.95. The molecule has 2 heterocycles. The van der Waals surface area contributed by atoms with Crippen LogP contribution in [0, 0.1) is 20.8 Å². The van der Waals surface area contributed by atoms with Crippen LogP contribution >= 0.6 is 11.3 Å². The molecule has 0 atom stereocenters. The highest BCUT2D eigenvalue weighted by molar-refractivity contribution is 7.17. The first-order chi connectivity index (χ1) is 12.1. The van der Waals surface area contributed by atoms with Crippen LogP contribution in [0.1, 0.15) is 22.5 Å². The standard InChI is InChI=1S/C19H23N3O2S/c1-12-5-6-15(16(9-12)24-8-7-23-4)10-20-18-17-13(2)11-25-19(17)22-14(3)21-18/h5-6,9,11H,7-8,10H2,1-4H3,(H,20,21,22). The molecular weight excluding hydrogens is 334 g/mol. The van der Waals surface area contributed by atoms with Crippen LogP contribution in [0.25, 0.3) is 10.2 Å². The minimum Gasteiger partial charge on any atom is -0.491 e. The van der Waals surface area contributed by atoms with Crippen LogP contribution in [0.2, 0.25) is 0 Å². The van der Waals surface area contributed by atoms with Gasteiger partial charge < -0.3 is 14.8 Å². The number of hydrogen-bond donors (Lipinski definition) is 1. The maximum Gasteiger partial charge on any atom is 0.139 e. The van der Waals surface area contributed by atoms with E-state index in [0.717, 1.165) is 33.2 Å². The molecule has 2 aromatic heterocycles. The van der Waals surface area contributed by atoms with Crippen LogP contribution in [0.15, 0.2) is 23.6 Å². The predicted octanol–water partition coefficient (Wildman–Crippen LogP) is 4.25. The molecule has 132 valence electrons. The summed E-state index contributed by atoms with van der Waals surface area (Å²) in [6.07, 6.45) is 0. The summed E-state index contributed by atoms with van der Waals surface area (Å²) in [5.74, 6) is 2.54. The fourth-order valence-electron chi connectivity index (χ4n) is 2.67. The number of ether oxygens (including phenoxy) is 2. The fraction of sp³-hybridized carbons (Fsp3) is 0.368. The van der Waals surface area contributed by atoms with Gasteiger partial charge in [0.1, 0.15) is 28.8 Å². The lowest BCUT2D eigenvalue weighted by Crippen LogP contribution is -2.09. The fourth-order valence-corrected chi connectivity index (χ4v) is 3.64. The van der Waals surface area contributed by atoms with Gasteiger partial charge in [-0.1, -0.05) is 12.1 Å². The first kappa shape index (κ1) is 17.6.